The number of benzene rings is 1. The molecule has 4 heteroatoms. The maximum atomic E-state index is 11.8. The lowest BCUT2D eigenvalue weighted by atomic mass is 9.94. The molecule has 4 nitrogen and oxygen atoms in total. The number of fused-ring (bicyclic) bond motifs is 1. The van der Waals surface area contributed by atoms with Crippen LogP contribution in [0.25, 0.3) is 0 Å². The van der Waals surface area contributed by atoms with Gasteiger partial charge in [-0.2, -0.15) is 0 Å². The van der Waals surface area contributed by atoms with Gasteiger partial charge in [-0.15, -0.1) is 0 Å². The average molecular weight is 287 g/mol. The van der Waals surface area contributed by atoms with Crippen molar-refractivity contribution in [3.63, 3.8) is 0 Å². The van der Waals surface area contributed by atoms with E-state index in [-0.39, 0.29) is 5.91 Å². The van der Waals surface area contributed by atoms with Crippen molar-refractivity contribution in [2.45, 2.75) is 50.7 Å². The predicted molar refractivity (Wildman–Crippen MR) is 83.8 cm³/mol. The largest absolute Gasteiger partial charge is 0.368 e. The van der Waals surface area contributed by atoms with Gasteiger partial charge in [0.15, 0.2) is 0 Å². The van der Waals surface area contributed by atoms with E-state index in [1.807, 2.05) is 6.92 Å². The summed E-state index contributed by atoms with van der Waals surface area (Å²) in [5, 5.41) is 3.42. The first-order valence-corrected chi connectivity index (χ1v) is 7.93. The quantitative estimate of drug-likeness (QED) is 0.832. The summed E-state index contributed by atoms with van der Waals surface area (Å²) in [5.74, 6) is -0.230. The minimum atomic E-state index is -0.571. The molecule has 1 atom stereocenters. The van der Waals surface area contributed by atoms with E-state index in [1.165, 1.54) is 24.0 Å². The van der Waals surface area contributed by atoms with Crippen molar-refractivity contribution in [1.82, 2.24) is 10.2 Å². The van der Waals surface area contributed by atoms with E-state index in [1.54, 1.807) is 0 Å². The third-order valence-electron chi connectivity index (χ3n) is 4.78. The van der Waals surface area contributed by atoms with Crippen LogP contribution >= 0.6 is 0 Å². The third kappa shape index (κ3) is 3.44. The van der Waals surface area contributed by atoms with E-state index in [0.717, 1.165) is 32.5 Å². The molecule has 0 saturated heterocycles. The van der Waals surface area contributed by atoms with Crippen LogP contribution < -0.4 is 11.1 Å². The van der Waals surface area contributed by atoms with Gasteiger partial charge in [-0.1, -0.05) is 24.3 Å². The Balaban J connectivity index is 1.58. The highest BCUT2D eigenvalue weighted by atomic mass is 16.1. The number of rotatable bonds is 6. The van der Waals surface area contributed by atoms with Crippen molar-refractivity contribution in [3.8, 4) is 0 Å². The summed E-state index contributed by atoms with van der Waals surface area (Å²) >= 11 is 0. The number of nitrogens with two attached hydrogens (primary N) is 1. The van der Waals surface area contributed by atoms with Crippen LogP contribution in [0, 0.1) is 0 Å². The molecule has 0 aromatic heterocycles. The van der Waals surface area contributed by atoms with E-state index in [9.17, 15) is 4.79 Å². The molecule has 1 aliphatic heterocycles. The highest BCUT2D eigenvalue weighted by Gasteiger charge is 2.37. The molecular weight excluding hydrogens is 262 g/mol. The van der Waals surface area contributed by atoms with Gasteiger partial charge >= 0.3 is 0 Å². The lowest BCUT2D eigenvalue weighted by Gasteiger charge is -2.33. The second-order valence-corrected chi connectivity index (χ2v) is 6.66. The number of hydrogen-bond acceptors (Lipinski definition) is 3. The first-order chi connectivity index (χ1) is 10.1. The summed E-state index contributed by atoms with van der Waals surface area (Å²) in [6, 6.07) is 9.12. The van der Waals surface area contributed by atoms with Gasteiger partial charge in [-0.05, 0) is 43.7 Å². The van der Waals surface area contributed by atoms with E-state index in [0.29, 0.717) is 6.04 Å². The van der Waals surface area contributed by atoms with Crippen molar-refractivity contribution in [2.24, 2.45) is 5.73 Å². The highest BCUT2D eigenvalue weighted by Crippen LogP contribution is 2.25. The van der Waals surface area contributed by atoms with Crippen LogP contribution in [0.15, 0.2) is 24.3 Å². The van der Waals surface area contributed by atoms with Gasteiger partial charge in [0.2, 0.25) is 5.91 Å². The molecule has 3 N–H and O–H groups in total. The molecule has 1 amide bonds. The monoisotopic (exact) mass is 287 g/mol. The highest BCUT2D eigenvalue weighted by molar-refractivity contribution is 5.84. The smallest absolute Gasteiger partial charge is 0.237 e. The maximum absolute atomic E-state index is 11.8. The molecule has 2 aliphatic rings. The number of carbonyl (C=O) groups is 1. The van der Waals surface area contributed by atoms with E-state index >= 15 is 0 Å². The lowest BCUT2D eigenvalue weighted by molar-refractivity contribution is -0.124. The van der Waals surface area contributed by atoms with Gasteiger partial charge in [-0.25, -0.2) is 0 Å². The van der Waals surface area contributed by atoms with Crippen LogP contribution in [0.4, 0.5) is 0 Å². The van der Waals surface area contributed by atoms with E-state index in [4.69, 9.17) is 5.73 Å². The van der Waals surface area contributed by atoms with E-state index < -0.39 is 5.54 Å². The molecular formula is C17H25N3O. The van der Waals surface area contributed by atoms with Crippen molar-refractivity contribution in [2.75, 3.05) is 13.1 Å². The van der Waals surface area contributed by atoms with Gasteiger partial charge in [0.25, 0.3) is 0 Å². The van der Waals surface area contributed by atoms with Crippen molar-refractivity contribution >= 4 is 5.91 Å². The van der Waals surface area contributed by atoms with Gasteiger partial charge in [0.1, 0.15) is 0 Å². The minimum Gasteiger partial charge on any atom is -0.368 e. The van der Waals surface area contributed by atoms with Gasteiger partial charge < -0.3 is 11.1 Å². The second-order valence-electron chi connectivity index (χ2n) is 6.66. The lowest BCUT2D eigenvalue weighted by Crippen LogP contribution is -2.55. The first kappa shape index (κ1) is 14.5. The average Bonchev–Trinajstić information content (AvgIpc) is 3.28. The molecule has 1 fully saturated rings. The molecule has 0 radical (unpaired) electrons. The van der Waals surface area contributed by atoms with Gasteiger partial charge in [0.05, 0.1) is 5.54 Å². The maximum Gasteiger partial charge on any atom is 0.237 e. The topological polar surface area (TPSA) is 58.4 Å². The Bertz CT molecular complexity index is 527. The normalized spacial score (nSPS) is 21.6. The zero-order chi connectivity index (χ0) is 14.9. The Labute approximate surface area is 126 Å². The zero-order valence-electron chi connectivity index (χ0n) is 12.8. The van der Waals surface area contributed by atoms with E-state index in [2.05, 4.69) is 34.5 Å². The Morgan fingerprint density at radius 2 is 2.10 bits per heavy atom. The van der Waals surface area contributed by atoms with Crippen molar-refractivity contribution < 1.29 is 4.79 Å². The molecule has 1 aromatic rings. The number of hydrogen-bond donors (Lipinski definition) is 2. The molecule has 3 rings (SSSR count). The fraction of sp³-hybridized carbons (Fsp3) is 0.588. The Kier molecular flexibility index (Phi) is 4.00. The third-order valence-corrected chi connectivity index (χ3v) is 4.78. The molecule has 1 aromatic carbocycles. The minimum absolute atomic E-state index is 0.230. The van der Waals surface area contributed by atoms with Crippen LogP contribution in [0.1, 0.15) is 37.3 Å². The standard InChI is InChI=1S/C17H25N3O/c1-17(16(18)21,19-15-6-7-15)9-11-20-10-8-13-4-2-3-5-14(13)12-20/h2-5,15,19H,6-12H2,1H3,(H2,18,21). The molecule has 1 heterocycles. The number of nitrogens with zero attached hydrogens (tertiary/aromatic N) is 1. The zero-order valence-corrected chi connectivity index (χ0v) is 12.8. The number of primary amides is 1. The van der Waals surface area contributed by atoms with Crippen LogP contribution in [0.2, 0.25) is 0 Å². The number of amides is 1. The van der Waals surface area contributed by atoms with Crippen LogP contribution in [0.3, 0.4) is 0 Å². The summed E-state index contributed by atoms with van der Waals surface area (Å²) in [6.07, 6.45) is 4.21. The molecule has 21 heavy (non-hydrogen) atoms. The predicted octanol–water partition coefficient (Wildman–Crippen LogP) is 1.43. The summed E-state index contributed by atoms with van der Waals surface area (Å²) in [5.41, 5.74) is 7.92. The summed E-state index contributed by atoms with van der Waals surface area (Å²) in [6.45, 7) is 4.91. The first-order valence-electron chi connectivity index (χ1n) is 7.93. The molecule has 1 unspecified atom stereocenters. The summed E-state index contributed by atoms with van der Waals surface area (Å²) < 4.78 is 0. The van der Waals surface area contributed by atoms with Crippen LogP contribution in [-0.2, 0) is 17.8 Å². The summed E-state index contributed by atoms with van der Waals surface area (Å²) in [7, 11) is 0. The molecule has 1 saturated carbocycles. The molecule has 114 valence electrons. The Morgan fingerprint density at radius 3 is 2.76 bits per heavy atom. The second kappa shape index (κ2) is 5.78. The number of nitrogens with one attached hydrogen (secondary N) is 1. The molecule has 1 aliphatic carbocycles. The Morgan fingerprint density at radius 1 is 1.38 bits per heavy atom. The SMILES string of the molecule is CC(CCN1CCc2ccccc2C1)(NC1CC1)C(N)=O. The molecule has 0 spiro atoms. The fourth-order valence-electron chi connectivity index (χ4n) is 3.07. The van der Waals surface area contributed by atoms with Gasteiger partial charge in [-0.3, -0.25) is 9.69 Å². The number of carbonyl (C=O) groups excluding carboxylic acids is 1. The fourth-order valence-corrected chi connectivity index (χ4v) is 3.07. The summed E-state index contributed by atoms with van der Waals surface area (Å²) in [4.78, 5) is 14.2. The Hall–Kier alpha value is -1.39. The van der Waals surface area contributed by atoms with Crippen LogP contribution in [-0.4, -0.2) is 35.5 Å². The van der Waals surface area contributed by atoms with Gasteiger partial charge in [0, 0.05) is 25.7 Å². The van der Waals surface area contributed by atoms with Crippen LogP contribution in [0.5, 0.6) is 0 Å². The molecule has 0 bridgehead atoms. The van der Waals surface area contributed by atoms with Crippen molar-refractivity contribution in [3.05, 3.63) is 35.4 Å². The van der Waals surface area contributed by atoms with Crippen molar-refractivity contribution in [1.29, 1.82) is 0 Å².